The molecule has 0 saturated heterocycles. The zero-order valence-electron chi connectivity index (χ0n) is 8.77. The van der Waals surface area contributed by atoms with Crippen molar-refractivity contribution in [2.75, 3.05) is 5.32 Å². The van der Waals surface area contributed by atoms with Crippen LogP contribution in [0, 0.1) is 23.3 Å². The van der Waals surface area contributed by atoms with Gasteiger partial charge in [0.1, 0.15) is 5.69 Å². The molecule has 18 heavy (non-hydrogen) atoms. The number of carboxylic acid groups (broad SMARTS) is 1. The molecule has 0 spiro atoms. The zero-order valence-corrected chi connectivity index (χ0v) is 8.77. The van der Waals surface area contributed by atoms with Crippen LogP contribution in [-0.2, 0) is 9.59 Å². The summed E-state index contributed by atoms with van der Waals surface area (Å²) in [6.45, 7) is 0. The fourth-order valence-corrected chi connectivity index (χ4v) is 1.11. The molecule has 0 radical (unpaired) electrons. The van der Waals surface area contributed by atoms with Gasteiger partial charge >= 0.3 is 5.97 Å². The van der Waals surface area contributed by atoms with E-state index < -0.39 is 53.7 Å². The van der Waals surface area contributed by atoms with Crippen molar-refractivity contribution in [3.05, 3.63) is 29.3 Å². The lowest BCUT2D eigenvalue weighted by Gasteiger charge is -2.08. The van der Waals surface area contributed by atoms with Crippen LogP contribution in [0.1, 0.15) is 12.8 Å². The molecule has 0 saturated carbocycles. The zero-order chi connectivity index (χ0) is 13.9. The van der Waals surface area contributed by atoms with Crippen molar-refractivity contribution in [1.29, 1.82) is 0 Å². The molecule has 0 aliphatic rings. The van der Waals surface area contributed by atoms with E-state index in [0.717, 1.165) is 0 Å². The first-order chi connectivity index (χ1) is 8.32. The van der Waals surface area contributed by atoms with Crippen molar-refractivity contribution in [3.63, 3.8) is 0 Å². The Kier molecular flexibility index (Phi) is 4.24. The fourth-order valence-electron chi connectivity index (χ4n) is 1.11. The minimum Gasteiger partial charge on any atom is -0.481 e. The van der Waals surface area contributed by atoms with Crippen LogP contribution < -0.4 is 5.32 Å². The fraction of sp³-hybridized carbons (Fsp3) is 0.200. The Morgan fingerprint density at radius 3 is 2.00 bits per heavy atom. The highest BCUT2D eigenvalue weighted by Gasteiger charge is 2.20. The Hall–Kier alpha value is -2.12. The predicted octanol–water partition coefficient (Wildman–Crippen LogP) is 2.05. The van der Waals surface area contributed by atoms with Gasteiger partial charge in [-0.3, -0.25) is 9.59 Å². The van der Waals surface area contributed by atoms with Gasteiger partial charge in [-0.25, -0.2) is 17.6 Å². The van der Waals surface area contributed by atoms with E-state index in [0.29, 0.717) is 0 Å². The van der Waals surface area contributed by atoms with Crippen LogP contribution in [0.4, 0.5) is 23.2 Å². The summed E-state index contributed by atoms with van der Waals surface area (Å²) in [5.41, 5.74) is -1.28. The number of amides is 1. The van der Waals surface area contributed by atoms with Crippen LogP contribution in [-0.4, -0.2) is 17.0 Å². The number of aliphatic carboxylic acids is 1. The maximum absolute atomic E-state index is 13.1. The van der Waals surface area contributed by atoms with Gasteiger partial charge < -0.3 is 10.4 Å². The van der Waals surface area contributed by atoms with E-state index in [1.165, 1.54) is 0 Å². The van der Waals surface area contributed by atoms with E-state index in [-0.39, 0.29) is 6.07 Å². The van der Waals surface area contributed by atoms with E-state index in [4.69, 9.17) is 5.11 Å². The number of carbonyl (C=O) groups is 2. The first-order valence-electron chi connectivity index (χ1n) is 4.67. The first kappa shape index (κ1) is 13.9. The topological polar surface area (TPSA) is 66.4 Å². The second-order valence-electron chi connectivity index (χ2n) is 3.29. The van der Waals surface area contributed by atoms with Gasteiger partial charge in [-0.05, 0) is 0 Å². The van der Waals surface area contributed by atoms with Crippen molar-refractivity contribution < 1.29 is 32.3 Å². The van der Waals surface area contributed by atoms with E-state index in [2.05, 4.69) is 0 Å². The van der Waals surface area contributed by atoms with Crippen LogP contribution >= 0.6 is 0 Å². The summed E-state index contributed by atoms with van der Waals surface area (Å²) in [7, 11) is 0. The molecule has 0 fully saturated rings. The molecule has 8 heteroatoms. The Balaban J connectivity index is 2.90. The number of anilines is 1. The number of rotatable bonds is 4. The van der Waals surface area contributed by atoms with Crippen LogP contribution in [0.5, 0.6) is 0 Å². The molecular weight excluding hydrogens is 258 g/mol. The van der Waals surface area contributed by atoms with Gasteiger partial charge in [-0.1, -0.05) is 0 Å². The average Bonchev–Trinajstić information content (AvgIpc) is 2.29. The summed E-state index contributed by atoms with van der Waals surface area (Å²) < 4.78 is 51.7. The summed E-state index contributed by atoms with van der Waals surface area (Å²) in [4.78, 5) is 21.2. The van der Waals surface area contributed by atoms with Gasteiger partial charge in [0.05, 0.1) is 6.42 Å². The first-order valence-corrected chi connectivity index (χ1v) is 4.67. The molecule has 0 atom stereocenters. The third kappa shape index (κ3) is 3.19. The number of hydrogen-bond donors (Lipinski definition) is 2. The average molecular weight is 265 g/mol. The second kappa shape index (κ2) is 5.48. The summed E-state index contributed by atoms with van der Waals surface area (Å²) in [5.74, 6) is -9.20. The largest absolute Gasteiger partial charge is 0.481 e. The molecule has 0 unspecified atom stereocenters. The molecule has 1 aromatic carbocycles. The van der Waals surface area contributed by atoms with Crippen LogP contribution in [0.15, 0.2) is 6.07 Å². The Labute approximate surface area is 98.2 Å². The number of halogens is 4. The van der Waals surface area contributed by atoms with E-state index >= 15 is 0 Å². The highest BCUT2D eigenvalue weighted by Crippen LogP contribution is 2.24. The molecule has 98 valence electrons. The minimum atomic E-state index is -1.75. The molecule has 2 N–H and O–H groups in total. The van der Waals surface area contributed by atoms with Crippen molar-refractivity contribution in [1.82, 2.24) is 0 Å². The Morgan fingerprint density at radius 1 is 1.06 bits per heavy atom. The molecule has 0 aliphatic heterocycles. The lowest BCUT2D eigenvalue weighted by atomic mass is 10.2. The molecule has 0 heterocycles. The molecule has 0 aromatic heterocycles. The van der Waals surface area contributed by atoms with Gasteiger partial charge in [-0.2, -0.15) is 0 Å². The molecule has 0 bridgehead atoms. The number of nitrogens with one attached hydrogen (secondary N) is 1. The highest BCUT2D eigenvalue weighted by molar-refractivity contribution is 5.92. The molecule has 1 rings (SSSR count). The molecule has 1 aromatic rings. The van der Waals surface area contributed by atoms with Crippen molar-refractivity contribution >= 4 is 17.6 Å². The quantitative estimate of drug-likeness (QED) is 0.646. The maximum atomic E-state index is 13.1. The highest BCUT2D eigenvalue weighted by atomic mass is 19.2. The number of carboxylic acids is 1. The minimum absolute atomic E-state index is 0.00241. The molecule has 0 aliphatic carbocycles. The van der Waals surface area contributed by atoms with Gasteiger partial charge in [0.15, 0.2) is 23.3 Å². The van der Waals surface area contributed by atoms with Gasteiger partial charge in [-0.15, -0.1) is 0 Å². The standard InChI is InChI=1S/C10H7F4NO3/c11-4-3-5(12)9(14)10(8(4)13)15-6(16)1-2-7(17)18/h3H,1-2H2,(H,15,16)(H,17,18). The summed E-state index contributed by atoms with van der Waals surface area (Å²) in [6, 6.07) is -0.00241. The molecular formula is C10H7F4NO3. The summed E-state index contributed by atoms with van der Waals surface area (Å²) in [5, 5.41) is 9.86. The van der Waals surface area contributed by atoms with Crippen LogP contribution in [0.25, 0.3) is 0 Å². The SMILES string of the molecule is O=C(O)CCC(=O)Nc1c(F)c(F)cc(F)c1F. The van der Waals surface area contributed by atoms with Gasteiger partial charge in [0, 0.05) is 12.5 Å². The Bertz CT molecular complexity index is 478. The number of benzene rings is 1. The van der Waals surface area contributed by atoms with Gasteiger partial charge in [0.25, 0.3) is 0 Å². The predicted molar refractivity (Wildman–Crippen MR) is 51.8 cm³/mol. The van der Waals surface area contributed by atoms with Crippen molar-refractivity contribution in [3.8, 4) is 0 Å². The normalized spacial score (nSPS) is 10.2. The summed E-state index contributed by atoms with van der Waals surface area (Å²) in [6.07, 6.45) is -1.15. The van der Waals surface area contributed by atoms with E-state index in [9.17, 15) is 27.2 Å². The third-order valence-corrected chi connectivity index (χ3v) is 1.94. The van der Waals surface area contributed by atoms with Crippen molar-refractivity contribution in [2.45, 2.75) is 12.8 Å². The second-order valence-corrected chi connectivity index (χ2v) is 3.29. The lowest BCUT2D eigenvalue weighted by molar-refractivity contribution is -0.138. The monoisotopic (exact) mass is 265 g/mol. The van der Waals surface area contributed by atoms with E-state index in [1.807, 2.05) is 0 Å². The lowest BCUT2D eigenvalue weighted by Crippen LogP contribution is -2.16. The smallest absolute Gasteiger partial charge is 0.303 e. The molecule has 4 nitrogen and oxygen atoms in total. The maximum Gasteiger partial charge on any atom is 0.303 e. The van der Waals surface area contributed by atoms with Crippen LogP contribution in [0.3, 0.4) is 0 Å². The van der Waals surface area contributed by atoms with E-state index in [1.54, 1.807) is 5.32 Å². The van der Waals surface area contributed by atoms with Crippen molar-refractivity contribution in [2.24, 2.45) is 0 Å². The number of carbonyl (C=O) groups excluding carboxylic acids is 1. The third-order valence-electron chi connectivity index (χ3n) is 1.94. The van der Waals surface area contributed by atoms with Gasteiger partial charge in [0.2, 0.25) is 5.91 Å². The molecule has 1 amide bonds. The van der Waals surface area contributed by atoms with Crippen LogP contribution in [0.2, 0.25) is 0 Å². The number of hydrogen-bond acceptors (Lipinski definition) is 2. The Morgan fingerprint density at radius 2 is 1.56 bits per heavy atom. The summed E-state index contributed by atoms with van der Waals surface area (Å²) >= 11 is 0.